The van der Waals surface area contributed by atoms with Crippen LogP contribution in [0.5, 0.6) is 0 Å². The molecule has 0 saturated heterocycles. The Labute approximate surface area is 188 Å². The number of rotatable bonds is 10. The van der Waals surface area contributed by atoms with Crippen LogP contribution in [0.1, 0.15) is 30.0 Å². The van der Waals surface area contributed by atoms with Gasteiger partial charge in [-0.1, -0.05) is 59.8 Å². The number of hydrogen-bond acceptors (Lipinski definition) is 8. The minimum atomic E-state index is -4.74. The highest BCUT2D eigenvalue weighted by molar-refractivity contribution is 7.46. The van der Waals surface area contributed by atoms with Gasteiger partial charge in [-0.05, 0) is 23.6 Å². The Morgan fingerprint density at radius 1 is 1.12 bits per heavy atom. The summed E-state index contributed by atoms with van der Waals surface area (Å²) in [6.45, 7) is 0.561. The number of carbonyl (C=O) groups is 1. The highest BCUT2D eigenvalue weighted by atomic mass is 31.2. The van der Waals surface area contributed by atoms with Crippen molar-refractivity contribution in [1.82, 2.24) is 10.6 Å². The minimum Gasteiger partial charge on any atom is -0.383 e. The maximum absolute atomic E-state index is 12.3. The number of phosphoric acid groups is 1. The summed E-state index contributed by atoms with van der Waals surface area (Å²) in [5.41, 5.74) is 2.05. The molecule has 0 radical (unpaired) electrons. The average molecular weight is 478 g/mol. The average Bonchev–Trinajstić information content (AvgIpc) is 3.30. The van der Waals surface area contributed by atoms with Crippen LogP contribution in [0.15, 0.2) is 65.2 Å². The van der Waals surface area contributed by atoms with Crippen molar-refractivity contribution in [2.75, 3.05) is 0 Å². The van der Waals surface area contributed by atoms with E-state index in [2.05, 4.69) is 9.68 Å². The molecule has 0 unspecified atom stereocenters. The third-order valence-electron chi connectivity index (χ3n) is 4.91. The number of benzene rings is 2. The van der Waals surface area contributed by atoms with Gasteiger partial charge in [0, 0.05) is 6.07 Å². The summed E-state index contributed by atoms with van der Waals surface area (Å²) < 4.78 is 25.7. The lowest BCUT2D eigenvalue weighted by Crippen LogP contribution is -2.50. The molecule has 2 atom stereocenters. The molecule has 1 aromatic heterocycles. The van der Waals surface area contributed by atoms with E-state index in [-0.39, 0.29) is 18.1 Å². The Kier molecular flexibility index (Phi) is 7.77. The first-order chi connectivity index (χ1) is 15.6. The van der Waals surface area contributed by atoms with Crippen molar-refractivity contribution in [2.45, 2.75) is 31.8 Å². The first kappa shape index (κ1) is 24.7. The van der Waals surface area contributed by atoms with Gasteiger partial charge in [-0.3, -0.25) is 14.5 Å². The molecule has 5 N–H and O–H groups in total. The Bertz CT molecular complexity index is 1110. The Hall–Kier alpha value is -2.89. The first-order valence-electron chi connectivity index (χ1n) is 9.69. The van der Waals surface area contributed by atoms with Crippen LogP contribution in [0.2, 0.25) is 0 Å². The SMILES string of the molecule is C[C@@](OCc1ccc(-c2ccccc2)cc1)(C(=O)NO)[C@H](O)c1cc(COP(=O)(O)O)on1. The van der Waals surface area contributed by atoms with E-state index in [1.165, 1.54) is 12.4 Å². The molecule has 176 valence electrons. The predicted molar refractivity (Wildman–Crippen MR) is 113 cm³/mol. The van der Waals surface area contributed by atoms with Crippen molar-refractivity contribution < 1.29 is 43.2 Å². The molecule has 3 rings (SSSR count). The third kappa shape index (κ3) is 6.34. The maximum atomic E-state index is 12.3. The number of ether oxygens (including phenoxy) is 1. The van der Waals surface area contributed by atoms with E-state index in [9.17, 15) is 14.5 Å². The van der Waals surface area contributed by atoms with E-state index in [0.29, 0.717) is 5.56 Å². The van der Waals surface area contributed by atoms with E-state index >= 15 is 0 Å². The van der Waals surface area contributed by atoms with Crippen LogP contribution in [0.25, 0.3) is 11.1 Å². The van der Waals surface area contributed by atoms with Crippen LogP contribution in [0.3, 0.4) is 0 Å². The Morgan fingerprint density at radius 2 is 1.76 bits per heavy atom. The highest BCUT2D eigenvalue weighted by Gasteiger charge is 2.44. The first-order valence-corrected chi connectivity index (χ1v) is 11.2. The molecule has 11 nitrogen and oxygen atoms in total. The largest absolute Gasteiger partial charge is 0.470 e. The van der Waals surface area contributed by atoms with Gasteiger partial charge in [-0.25, -0.2) is 10.0 Å². The lowest BCUT2D eigenvalue weighted by atomic mass is 9.95. The minimum absolute atomic E-state index is 0.0813. The second-order valence-electron chi connectivity index (χ2n) is 7.28. The molecule has 0 bridgehead atoms. The van der Waals surface area contributed by atoms with Gasteiger partial charge in [0.1, 0.15) is 18.4 Å². The van der Waals surface area contributed by atoms with E-state index in [4.69, 9.17) is 24.3 Å². The van der Waals surface area contributed by atoms with E-state index < -0.39 is 32.0 Å². The molecule has 3 aromatic rings. The number of amides is 1. The van der Waals surface area contributed by atoms with Gasteiger partial charge in [-0.2, -0.15) is 0 Å². The smallest absolute Gasteiger partial charge is 0.383 e. The maximum Gasteiger partial charge on any atom is 0.470 e. The molecular formula is C21H23N2O9P. The summed E-state index contributed by atoms with van der Waals surface area (Å²) in [7, 11) is -4.74. The summed E-state index contributed by atoms with van der Waals surface area (Å²) in [5.74, 6) is -1.14. The molecule has 0 saturated carbocycles. The van der Waals surface area contributed by atoms with Crippen molar-refractivity contribution in [2.24, 2.45) is 0 Å². The normalized spacial score (nSPS) is 14.5. The standard InChI is InChI=1S/C21H23N2O9P/c1-21(20(25)22-26,19(24)18-11-17(32-23-18)13-31-33(27,28)29)30-12-14-7-9-16(10-8-14)15-5-3-2-4-6-15/h2-11,19,24,26H,12-13H2,1H3,(H,22,25)(H2,27,28,29)/t19-,21+/m1/s1. The monoisotopic (exact) mass is 478 g/mol. The number of nitrogens with one attached hydrogen (secondary N) is 1. The molecule has 0 aliphatic rings. The molecule has 1 amide bonds. The van der Waals surface area contributed by atoms with E-state index in [1.54, 1.807) is 12.1 Å². The quantitative estimate of drug-likeness (QED) is 0.166. The van der Waals surface area contributed by atoms with Crippen molar-refractivity contribution in [3.05, 3.63) is 77.7 Å². The third-order valence-corrected chi connectivity index (χ3v) is 5.37. The highest BCUT2D eigenvalue weighted by Crippen LogP contribution is 2.37. The van der Waals surface area contributed by atoms with Gasteiger partial charge in [0.2, 0.25) is 0 Å². The van der Waals surface area contributed by atoms with Gasteiger partial charge in [0.05, 0.1) is 6.61 Å². The second-order valence-corrected chi connectivity index (χ2v) is 8.52. The van der Waals surface area contributed by atoms with Gasteiger partial charge >= 0.3 is 7.82 Å². The second kappa shape index (κ2) is 10.4. The number of aliphatic hydroxyl groups excluding tert-OH is 1. The zero-order valence-electron chi connectivity index (χ0n) is 17.5. The zero-order valence-corrected chi connectivity index (χ0v) is 18.4. The van der Waals surface area contributed by atoms with Gasteiger partial charge in [0.15, 0.2) is 11.4 Å². The molecule has 2 aromatic carbocycles. The molecule has 0 aliphatic carbocycles. The Morgan fingerprint density at radius 3 is 2.36 bits per heavy atom. The molecule has 0 spiro atoms. The van der Waals surface area contributed by atoms with Crippen molar-refractivity contribution in [3.8, 4) is 11.1 Å². The van der Waals surface area contributed by atoms with Crippen LogP contribution < -0.4 is 5.48 Å². The van der Waals surface area contributed by atoms with Gasteiger partial charge in [0.25, 0.3) is 5.91 Å². The Balaban J connectivity index is 1.72. The lowest BCUT2D eigenvalue weighted by molar-refractivity contribution is -0.174. The van der Waals surface area contributed by atoms with Crippen LogP contribution in [-0.2, 0) is 31.8 Å². The fraction of sp³-hybridized carbons (Fsp3) is 0.238. The number of carbonyl (C=O) groups excluding carboxylic acids is 1. The van der Waals surface area contributed by atoms with Crippen LogP contribution in [0.4, 0.5) is 0 Å². The van der Waals surface area contributed by atoms with Crippen molar-refractivity contribution in [3.63, 3.8) is 0 Å². The number of nitrogens with zero attached hydrogens (tertiary/aromatic N) is 1. The summed E-state index contributed by atoms with van der Waals surface area (Å²) >= 11 is 0. The van der Waals surface area contributed by atoms with E-state index in [1.807, 2.05) is 42.5 Å². The van der Waals surface area contributed by atoms with Crippen molar-refractivity contribution >= 4 is 13.7 Å². The van der Waals surface area contributed by atoms with E-state index in [0.717, 1.165) is 17.2 Å². The molecule has 1 heterocycles. The molecule has 0 fully saturated rings. The number of hydrogen-bond donors (Lipinski definition) is 5. The number of hydroxylamine groups is 1. The molecule has 12 heteroatoms. The van der Waals surface area contributed by atoms with Gasteiger partial charge in [-0.15, -0.1) is 0 Å². The summed E-state index contributed by atoms with van der Waals surface area (Å²) in [5, 5.41) is 23.5. The van der Waals surface area contributed by atoms with Crippen LogP contribution >= 0.6 is 7.82 Å². The van der Waals surface area contributed by atoms with Crippen molar-refractivity contribution in [1.29, 1.82) is 0 Å². The topological polar surface area (TPSA) is 172 Å². The summed E-state index contributed by atoms with van der Waals surface area (Å²) in [6, 6.07) is 18.3. The summed E-state index contributed by atoms with van der Waals surface area (Å²) in [4.78, 5) is 29.9. The number of phosphoric ester groups is 1. The zero-order chi connectivity index (χ0) is 24.1. The van der Waals surface area contributed by atoms with Crippen LogP contribution in [0, 0.1) is 0 Å². The molecular weight excluding hydrogens is 455 g/mol. The lowest BCUT2D eigenvalue weighted by Gasteiger charge is -2.31. The van der Waals surface area contributed by atoms with Gasteiger partial charge < -0.3 is 24.2 Å². The molecule has 33 heavy (non-hydrogen) atoms. The predicted octanol–water partition coefficient (Wildman–Crippen LogP) is 2.47. The van der Waals surface area contributed by atoms with Crippen LogP contribution in [-0.4, -0.2) is 36.8 Å². The number of aromatic nitrogens is 1. The molecule has 0 aliphatic heterocycles. The summed E-state index contributed by atoms with van der Waals surface area (Å²) in [6.07, 6.45) is -1.69. The number of aliphatic hydroxyl groups is 1. The fourth-order valence-electron chi connectivity index (χ4n) is 2.99. The fourth-order valence-corrected chi connectivity index (χ4v) is 3.29.